The Balaban J connectivity index is 2.31. The molecule has 1 saturated heterocycles. The zero-order valence-corrected chi connectivity index (χ0v) is 12.4. The number of ether oxygens (including phenoxy) is 2. The highest BCUT2D eigenvalue weighted by Gasteiger charge is 2.24. The molecule has 0 N–H and O–H groups in total. The van der Waals surface area contributed by atoms with E-state index in [-0.39, 0.29) is 5.97 Å². The molecule has 1 fully saturated rings. The molecule has 5 nitrogen and oxygen atoms in total. The van der Waals surface area contributed by atoms with Crippen LogP contribution in [0.25, 0.3) is 0 Å². The number of carbonyl (C=O) groups is 1. The van der Waals surface area contributed by atoms with Crippen molar-refractivity contribution in [3.05, 3.63) is 23.5 Å². The summed E-state index contributed by atoms with van der Waals surface area (Å²) in [4.78, 5) is 18.3. The van der Waals surface area contributed by atoms with Crippen molar-refractivity contribution in [2.24, 2.45) is 0 Å². The third-order valence-electron chi connectivity index (χ3n) is 3.88. The van der Waals surface area contributed by atoms with Crippen LogP contribution in [-0.2, 0) is 9.47 Å². The number of anilines is 1. The number of nitrogens with zero attached hydrogens (tertiary/aromatic N) is 2. The van der Waals surface area contributed by atoms with Gasteiger partial charge in [-0.25, -0.2) is 4.79 Å². The van der Waals surface area contributed by atoms with Gasteiger partial charge in [0.05, 0.1) is 24.6 Å². The Morgan fingerprint density at radius 2 is 2.15 bits per heavy atom. The molecule has 1 aromatic heterocycles. The first kappa shape index (κ1) is 14.8. The summed E-state index contributed by atoms with van der Waals surface area (Å²) in [5.41, 5.74) is 2.48. The van der Waals surface area contributed by atoms with E-state index in [2.05, 4.69) is 16.8 Å². The maximum Gasteiger partial charge on any atom is 0.339 e. The maximum absolute atomic E-state index is 11.8. The maximum atomic E-state index is 11.8. The van der Waals surface area contributed by atoms with Gasteiger partial charge in [-0.3, -0.25) is 4.98 Å². The second-order valence-electron chi connectivity index (χ2n) is 4.95. The highest BCUT2D eigenvalue weighted by Crippen LogP contribution is 2.27. The van der Waals surface area contributed by atoms with Crippen LogP contribution in [0.5, 0.6) is 0 Å². The molecule has 0 spiro atoms. The molecule has 0 aliphatic carbocycles. The van der Waals surface area contributed by atoms with Gasteiger partial charge in [0.15, 0.2) is 0 Å². The predicted molar refractivity (Wildman–Crippen MR) is 77.2 cm³/mol. The van der Waals surface area contributed by atoms with Gasteiger partial charge in [0, 0.05) is 32.0 Å². The number of rotatable bonds is 4. The van der Waals surface area contributed by atoms with Gasteiger partial charge in [-0.05, 0) is 32.3 Å². The number of methoxy groups -OCH3 is 1. The number of carbonyl (C=O) groups excluding carboxylic acids is 1. The first-order valence-electron chi connectivity index (χ1n) is 7.06. The van der Waals surface area contributed by atoms with Gasteiger partial charge in [0.1, 0.15) is 0 Å². The molecule has 0 unspecified atom stereocenters. The molecular formula is C15H22N2O3. The number of hydrogen-bond donors (Lipinski definition) is 0. The highest BCUT2D eigenvalue weighted by atomic mass is 16.5. The Kier molecular flexibility index (Phi) is 4.95. The van der Waals surface area contributed by atoms with Gasteiger partial charge >= 0.3 is 5.97 Å². The van der Waals surface area contributed by atoms with Crippen LogP contribution < -0.4 is 4.90 Å². The molecule has 2 heterocycles. The van der Waals surface area contributed by atoms with Crippen molar-refractivity contribution in [2.75, 3.05) is 31.8 Å². The van der Waals surface area contributed by atoms with E-state index in [9.17, 15) is 4.79 Å². The molecule has 0 saturated carbocycles. The van der Waals surface area contributed by atoms with Crippen LogP contribution in [0.2, 0.25) is 0 Å². The minimum atomic E-state index is -0.333. The van der Waals surface area contributed by atoms with Gasteiger partial charge in [-0.1, -0.05) is 0 Å². The number of aromatic nitrogens is 1. The lowest BCUT2D eigenvalue weighted by Gasteiger charge is -2.36. The van der Waals surface area contributed by atoms with Gasteiger partial charge in [-0.2, -0.15) is 0 Å². The number of esters is 1. The molecule has 2 rings (SSSR count). The Hall–Kier alpha value is -1.62. The van der Waals surface area contributed by atoms with E-state index in [1.54, 1.807) is 6.20 Å². The second kappa shape index (κ2) is 6.70. The van der Waals surface area contributed by atoms with E-state index in [4.69, 9.17) is 9.47 Å². The predicted octanol–water partition coefficient (Wildman–Crippen LogP) is 2.18. The van der Waals surface area contributed by atoms with E-state index in [1.165, 1.54) is 7.11 Å². The Bertz CT molecular complexity index is 470. The van der Waals surface area contributed by atoms with E-state index in [0.717, 1.165) is 43.9 Å². The summed E-state index contributed by atoms with van der Waals surface area (Å²) in [7, 11) is 1.39. The van der Waals surface area contributed by atoms with Crippen LogP contribution in [0.4, 0.5) is 5.69 Å². The van der Waals surface area contributed by atoms with Crippen LogP contribution >= 0.6 is 0 Å². The summed E-state index contributed by atoms with van der Waals surface area (Å²) in [6.07, 6.45) is 5.43. The molecule has 1 aliphatic rings. The lowest BCUT2D eigenvalue weighted by atomic mass is 10.0. The minimum absolute atomic E-state index is 0.333. The molecular weight excluding hydrogens is 256 g/mol. The average Bonchev–Trinajstić information content (AvgIpc) is 2.50. The van der Waals surface area contributed by atoms with Crippen LogP contribution in [-0.4, -0.2) is 43.9 Å². The molecule has 0 atom stereocenters. The van der Waals surface area contributed by atoms with Crippen molar-refractivity contribution in [3.8, 4) is 0 Å². The van der Waals surface area contributed by atoms with E-state index >= 15 is 0 Å². The molecule has 110 valence electrons. The fraction of sp³-hybridized carbons (Fsp3) is 0.600. The Morgan fingerprint density at radius 1 is 1.45 bits per heavy atom. The van der Waals surface area contributed by atoms with Crippen molar-refractivity contribution in [1.82, 2.24) is 4.98 Å². The van der Waals surface area contributed by atoms with Gasteiger partial charge in [0.25, 0.3) is 0 Å². The first-order valence-corrected chi connectivity index (χ1v) is 7.06. The zero-order valence-electron chi connectivity index (χ0n) is 12.4. The Labute approximate surface area is 119 Å². The first-order chi connectivity index (χ1) is 9.69. The van der Waals surface area contributed by atoms with E-state index < -0.39 is 0 Å². The molecule has 1 aliphatic heterocycles. The normalized spacial score (nSPS) is 15.9. The summed E-state index contributed by atoms with van der Waals surface area (Å²) in [5, 5.41) is 0. The van der Waals surface area contributed by atoms with Crippen molar-refractivity contribution in [2.45, 2.75) is 32.7 Å². The van der Waals surface area contributed by atoms with Gasteiger partial charge in [0.2, 0.25) is 0 Å². The van der Waals surface area contributed by atoms with Crippen molar-refractivity contribution in [1.29, 1.82) is 0 Å². The summed E-state index contributed by atoms with van der Waals surface area (Å²) in [6, 6.07) is 0.446. The molecule has 0 amide bonds. The molecule has 0 radical (unpaired) electrons. The third kappa shape index (κ3) is 2.93. The van der Waals surface area contributed by atoms with Crippen molar-refractivity contribution in [3.63, 3.8) is 0 Å². The quantitative estimate of drug-likeness (QED) is 0.790. The number of pyridine rings is 1. The largest absolute Gasteiger partial charge is 0.465 e. The molecule has 1 aromatic rings. The number of hydrogen-bond acceptors (Lipinski definition) is 5. The van der Waals surface area contributed by atoms with E-state index in [0.29, 0.717) is 11.6 Å². The van der Waals surface area contributed by atoms with Crippen LogP contribution in [0.3, 0.4) is 0 Å². The monoisotopic (exact) mass is 278 g/mol. The standard InChI is InChI=1S/C15H22N2O3/c1-4-17(12-5-7-20-8-6-12)14-10-16-9-13(11(14)2)15(18)19-3/h9-10,12H,4-8H2,1-3H3. The fourth-order valence-electron chi connectivity index (χ4n) is 2.74. The van der Waals surface area contributed by atoms with Gasteiger partial charge in [-0.15, -0.1) is 0 Å². The lowest BCUT2D eigenvalue weighted by Crippen LogP contribution is -2.40. The summed E-state index contributed by atoms with van der Waals surface area (Å²) in [6.45, 7) is 6.55. The fourth-order valence-corrected chi connectivity index (χ4v) is 2.74. The molecule has 0 aromatic carbocycles. The molecule has 20 heavy (non-hydrogen) atoms. The average molecular weight is 278 g/mol. The van der Waals surface area contributed by atoms with Crippen molar-refractivity contribution < 1.29 is 14.3 Å². The topological polar surface area (TPSA) is 51.7 Å². The smallest absolute Gasteiger partial charge is 0.339 e. The van der Waals surface area contributed by atoms with Crippen LogP contribution in [0, 0.1) is 6.92 Å². The second-order valence-corrected chi connectivity index (χ2v) is 4.95. The Morgan fingerprint density at radius 3 is 2.75 bits per heavy atom. The van der Waals surface area contributed by atoms with Crippen LogP contribution in [0.1, 0.15) is 35.7 Å². The molecule has 5 heteroatoms. The third-order valence-corrected chi connectivity index (χ3v) is 3.88. The SMILES string of the molecule is CCN(c1cncc(C(=O)OC)c1C)C1CCOCC1. The highest BCUT2D eigenvalue weighted by molar-refractivity contribution is 5.92. The minimum Gasteiger partial charge on any atom is -0.465 e. The van der Waals surface area contributed by atoms with Crippen molar-refractivity contribution >= 4 is 11.7 Å². The lowest BCUT2D eigenvalue weighted by molar-refractivity contribution is 0.0599. The van der Waals surface area contributed by atoms with Crippen LogP contribution in [0.15, 0.2) is 12.4 Å². The zero-order chi connectivity index (χ0) is 14.5. The van der Waals surface area contributed by atoms with Gasteiger partial charge < -0.3 is 14.4 Å². The summed E-state index contributed by atoms with van der Waals surface area (Å²) >= 11 is 0. The van der Waals surface area contributed by atoms with E-state index in [1.807, 2.05) is 13.1 Å². The summed E-state index contributed by atoms with van der Waals surface area (Å²) in [5.74, 6) is -0.333. The molecule has 0 bridgehead atoms. The summed E-state index contributed by atoms with van der Waals surface area (Å²) < 4.78 is 10.2.